The van der Waals surface area contributed by atoms with Crippen molar-refractivity contribution < 1.29 is 9.57 Å². The number of aromatic nitrogens is 2. The number of methoxy groups -OCH3 is 1. The molecule has 1 aromatic rings. The van der Waals surface area contributed by atoms with Crippen molar-refractivity contribution in [3.63, 3.8) is 0 Å². The Labute approximate surface area is 112 Å². The molecule has 0 atom stereocenters. The lowest BCUT2D eigenvalue weighted by atomic mass is 10.1. The SMILES string of the molecule is COc1c(CSC2=NOC(C)(C)C2)c(C)nn1C. The van der Waals surface area contributed by atoms with Crippen molar-refractivity contribution >= 4 is 16.8 Å². The van der Waals surface area contributed by atoms with Crippen molar-refractivity contribution in [2.75, 3.05) is 7.11 Å². The molecule has 5 nitrogen and oxygen atoms in total. The molecule has 0 fully saturated rings. The lowest BCUT2D eigenvalue weighted by Crippen LogP contribution is -2.18. The molecule has 0 bridgehead atoms. The van der Waals surface area contributed by atoms with Crippen LogP contribution in [0.15, 0.2) is 5.16 Å². The largest absolute Gasteiger partial charge is 0.481 e. The fraction of sp³-hybridized carbons (Fsp3) is 0.667. The molecule has 0 amide bonds. The highest BCUT2D eigenvalue weighted by Gasteiger charge is 2.29. The van der Waals surface area contributed by atoms with Crippen LogP contribution in [0.25, 0.3) is 0 Å². The quantitative estimate of drug-likeness (QED) is 0.846. The Kier molecular flexibility index (Phi) is 3.56. The topological polar surface area (TPSA) is 48.6 Å². The number of ether oxygens (including phenoxy) is 1. The molecule has 1 aliphatic rings. The minimum Gasteiger partial charge on any atom is -0.481 e. The van der Waals surface area contributed by atoms with Crippen LogP contribution in [0.4, 0.5) is 0 Å². The lowest BCUT2D eigenvalue weighted by molar-refractivity contribution is 0.0123. The third kappa shape index (κ3) is 2.63. The monoisotopic (exact) mass is 269 g/mol. The third-order valence-corrected chi connectivity index (χ3v) is 3.82. The average molecular weight is 269 g/mol. The minimum absolute atomic E-state index is 0.170. The minimum atomic E-state index is -0.170. The number of nitrogens with zero attached hydrogens (tertiary/aromatic N) is 3. The van der Waals surface area contributed by atoms with E-state index in [9.17, 15) is 0 Å². The first-order valence-electron chi connectivity index (χ1n) is 5.87. The Morgan fingerprint density at radius 2 is 2.22 bits per heavy atom. The average Bonchev–Trinajstić information content (AvgIpc) is 2.75. The maximum Gasteiger partial charge on any atom is 0.215 e. The van der Waals surface area contributed by atoms with Crippen LogP contribution in [0.1, 0.15) is 31.5 Å². The van der Waals surface area contributed by atoms with Crippen LogP contribution in [-0.2, 0) is 17.6 Å². The van der Waals surface area contributed by atoms with Gasteiger partial charge in [0.05, 0.1) is 12.8 Å². The van der Waals surface area contributed by atoms with Gasteiger partial charge in [-0.2, -0.15) is 5.10 Å². The molecule has 18 heavy (non-hydrogen) atoms. The van der Waals surface area contributed by atoms with E-state index in [4.69, 9.17) is 9.57 Å². The summed E-state index contributed by atoms with van der Waals surface area (Å²) < 4.78 is 7.14. The molecule has 0 aromatic carbocycles. The van der Waals surface area contributed by atoms with Gasteiger partial charge in [-0.15, -0.1) is 11.8 Å². The Bertz CT molecular complexity index is 480. The molecule has 0 N–H and O–H groups in total. The second-order valence-electron chi connectivity index (χ2n) is 5.00. The summed E-state index contributed by atoms with van der Waals surface area (Å²) in [4.78, 5) is 5.35. The molecular formula is C12H19N3O2S. The lowest BCUT2D eigenvalue weighted by Gasteiger charge is -2.13. The molecule has 0 radical (unpaired) electrons. The van der Waals surface area contributed by atoms with Crippen molar-refractivity contribution in [2.45, 2.75) is 38.5 Å². The Balaban J connectivity index is 2.03. The van der Waals surface area contributed by atoms with Crippen LogP contribution >= 0.6 is 11.8 Å². The zero-order chi connectivity index (χ0) is 13.3. The molecule has 2 rings (SSSR count). The Morgan fingerprint density at radius 3 is 2.78 bits per heavy atom. The third-order valence-electron chi connectivity index (χ3n) is 2.84. The van der Waals surface area contributed by atoms with Crippen LogP contribution in [0.2, 0.25) is 0 Å². The van der Waals surface area contributed by atoms with E-state index >= 15 is 0 Å². The highest BCUT2D eigenvalue weighted by Crippen LogP contribution is 2.32. The Morgan fingerprint density at radius 1 is 1.50 bits per heavy atom. The number of rotatable bonds is 3. The van der Waals surface area contributed by atoms with Crippen LogP contribution in [0.3, 0.4) is 0 Å². The summed E-state index contributed by atoms with van der Waals surface area (Å²) in [6.07, 6.45) is 0.860. The zero-order valence-electron chi connectivity index (χ0n) is 11.5. The van der Waals surface area contributed by atoms with E-state index in [1.54, 1.807) is 23.6 Å². The second kappa shape index (κ2) is 4.84. The van der Waals surface area contributed by atoms with Gasteiger partial charge < -0.3 is 9.57 Å². The molecule has 0 unspecified atom stereocenters. The second-order valence-corrected chi connectivity index (χ2v) is 6.05. The molecule has 2 heterocycles. The first-order valence-corrected chi connectivity index (χ1v) is 6.86. The van der Waals surface area contributed by atoms with Gasteiger partial charge in [0, 0.05) is 24.8 Å². The maximum atomic E-state index is 5.37. The highest BCUT2D eigenvalue weighted by atomic mass is 32.2. The fourth-order valence-electron chi connectivity index (χ4n) is 1.94. The number of aryl methyl sites for hydroxylation is 2. The maximum absolute atomic E-state index is 5.37. The number of hydrogen-bond acceptors (Lipinski definition) is 5. The summed E-state index contributed by atoms with van der Waals surface area (Å²) in [5, 5.41) is 9.50. The summed E-state index contributed by atoms with van der Waals surface area (Å²) in [6.45, 7) is 6.08. The Hall–Kier alpha value is -1.17. The summed E-state index contributed by atoms with van der Waals surface area (Å²) in [5.74, 6) is 1.62. The van der Waals surface area contributed by atoms with Crippen molar-refractivity contribution in [3.8, 4) is 5.88 Å². The molecule has 0 aliphatic carbocycles. The van der Waals surface area contributed by atoms with E-state index in [2.05, 4.69) is 10.3 Å². The molecule has 100 valence electrons. The first kappa shape index (κ1) is 13.3. The normalized spacial score (nSPS) is 17.5. The van der Waals surface area contributed by atoms with E-state index < -0.39 is 0 Å². The van der Waals surface area contributed by atoms with E-state index in [1.165, 1.54) is 0 Å². The van der Waals surface area contributed by atoms with Crippen molar-refractivity contribution in [3.05, 3.63) is 11.3 Å². The van der Waals surface area contributed by atoms with Gasteiger partial charge in [-0.1, -0.05) is 5.16 Å². The summed E-state index contributed by atoms with van der Waals surface area (Å²) in [7, 11) is 3.56. The smallest absolute Gasteiger partial charge is 0.215 e. The molecule has 1 aromatic heterocycles. The van der Waals surface area contributed by atoms with Crippen LogP contribution in [0, 0.1) is 6.92 Å². The van der Waals surface area contributed by atoms with Gasteiger partial charge in [-0.3, -0.25) is 0 Å². The van der Waals surface area contributed by atoms with Crippen molar-refractivity contribution in [1.82, 2.24) is 9.78 Å². The molecule has 0 spiro atoms. The molecule has 1 aliphatic heterocycles. The molecule has 6 heteroatoms. The first-order chi connectivity index (χ1) is 8.43. The van der Waals surface area contributed by atoms with Gasteiger partial charge >= 0.3 is 0 Å². The van der Waals surface area contributed by atoms with Crippen molar-refractivity contribution in [1.29, 1.82) is 0 Å². The molecular weight excluding hydrogens is 250 g/mol. The van der Waals surface area contributed by atoms with E-state index in [1.807, 2.05) is 27.8 Å². The van der Waals surface area contributed by atoms with Gasteiger partial charge in [-0.25, -0.2) is 4.68 Å². The predicted octanol–water partition coefficient (Wildman–Crippen LogP) is 2.48. The number of hydrogen-bond donors (Lipinski definition) is 0. The number of oxime groups is 1. The fourth-order valence-corrected chi connectivity index (χ4v) is 3.12. The standard InChI is InChI=1S/C12H19N3O2S/c1-8-9(11(16-5)15(4)13-8)7-18-10-6-12(2,3)17-14-10/h6-7H2,1-5H3. The summed E-state index contributed by atoms with van der Waals surface area (Å²) in [6, 6.07) is 0. The van der Waals surface area contributed by atoms with Gasteiger partial charge in [-0.05, 0) is 20.8 Å². The van der Waals surface area contributed by atoms with E-state index in [-0.39, 0.29) is 5.60 Å². The predicted molar refractivity (Wildman–Crippen MR) is 73.0 cm³/mol. The van der Waals surface area contributed by atoms with Gasteiger partial charge in [0.1, 0.15) is 10.6 Å². The van der Waals surface area contributed by atoms with E-state index in [0.29, 0.717) is 0 Å². The van der Waals surface area contributed by atoms with Crippen LogP contribution < -0.4 is 4.74 Å². The van der Waals surface area contributed by atoms with Gasteiger partial charge in [0.25, 0.3) is 0 Å². The molecule has 0 saturated heterocycles. The van der Waals surface area contributed by atoms with Crippen molar-refractivity contribution in [2.24, 2.45) is 12.2 Å². The number of thioether (sulfide) groups is 1. The van der Waals surface area contributed by atoms with Crippen LogP contribution in [-0.4, -0.2) is 27.5 Å². The van der Waals surface area contributed by atoms with Crippen LogP contribution in [0.5, 0.6) is 5.88 Å². The van der Waals surface area contributed by atoms with E-state index in [0.717, 1.165) is 34.4 Å². The molecule has 0 saturated carbocycles. The summed E-state index contributed by atoms with van der Waals surface area (Å²) >= 11 is 1.69. The highest BCUT2D eigenvalue weighted by molar-refractivity contribution is 8.13. The summed E-state index contributed by atoms with van der Waals surface area (Å²) in [5.41, 5.74) is 1.95. The van der Waals surface area contributed by atoms with Gasteiger partial charge in [0.2, 0.25) is 5.88 Å². The zero-order valence-corrected chi connectivity index (χ0v) is 12.3. The van der Waals surface area contributed by atoms with Gasteiger partial charge in [0.15, 0.2) is 0 Å².